The van der Waals surface area contributed by atoms with Crippen molar-refractivity contribution in [3.63, 3.8) is 0 Å². The smallest absolute Gasteiger partial charge is 0.259 e. The van der Waals surface area contributed by atoms with Gasteiger partial charge in [-0.05, 0) is 54.4 Å². The molecule has 1 amide bonds. The van der Waals surface area contributed by atoms with Crippen LogP contribution in [0.2, 0.25) is 0 Å². The van der Waals surface area contributed by atoms with Crippen LogP contribution in [0.25, 0.3) is 0 Å². The average Bonchev–Trinajstić information content (AvgIpc) is 2.64. The van der Waals surface area contributed by atoms with Gasteiger partial charge in [-0.25, -0.2) is 8.78 Å². The van der Waals surface area contributed by atoms with Crippen LogP contribution < -0.4 is 15.6 Å². The summed E-state index contributed by atoms with van der Waals surface area (Å²) in [6.07, 6.45) is 1.41. The van der Waals surface area contributed by atoms with Crippen LogP contribution in [-0.2, 0) is 6.67 Å². The normalized spacial score (nSPS) is 10.5. The third-order valence-corrected chi connectivity index (χ3v) is 3.83. The Bertz CT molecular complexity index is 1050. The van der Waals surface area contributed by atoms with Gasteiger partial charge in [0.2, 0.25) is 5.56 Å². The summed E-state index contributed by atoms with van der Waals surface area (Å²) in [6.45, 7) is 0.933. The number of aryl methyl sites for hydroxylation is 1. The van der Waals surface area contributed by atoms with Crippen molar-refractivity contribution in [2.75, 3.05) is 5.32 Å². The molecule has 0 fully saturated rings. The van der Waals surface area contributed by atoms with Gasteiger partial charge in [0, 0.05) is 18.0 Å². The molecule has 0 saturated carbocycles. The molecule has 1 heterocycles. The van der Waals surface area contributed by atoms with Crippen molar-refractivity contribution in [2.45, 2.75) is 13.6 Å². The summed E-state index contributed by atoms with van der Waals surface area (Å²) in [5, 5.41) is 2.59. The van der Waals surface area contributed by atoms with E-state index in [1.165, 1.54) is 54.7 Å². The van der Waals surface area contributed by atoms with Crippen molar-refractivity contribution in [1.29, 1.82) is 0 Å². The van der Waals surface area contributed by atoms with Crippen LogP contribution in [0.3, 0.4) is 0 Å². The summed E-state index contributed by atoms with van der Waals surface area (Å²) in [7, 11) is 0. The van der Waals surface area contributed by atoms with E-state index in [-0.39, 0.29) is 16.9 Å². The number of hydrogen-bond acceptors (Lipinski definition) is 3. The van der Waals surface area contributed by atoms with Gasteiger partial charge in [-0.1, -0.05) is 6.07 Å². The van der Waals surface area contributed by atoms with Crippen molar-refractivity contribution in [3.8, 4) is 11.5 Å². The number of benzene rings is 2. The van der Waals surface area contributed by atoms with E-state index in [2.05, 4.69) is 10.3 Å². The zero-order valence-electron chi connectivity index (χ0n) is 14.4. The summed E-state index contributed by atoms with van der Waals surface area (Å²) in [5.74, 6) is -0.467. The molecule has 2 N–H and O–H groups in total. The van der Waals surface area contributed by atoms with Crippen LogP contribution in [0, 0.1) is 12.7 Å². The minimum Gasteiger partial charge on any atom is -0.456 e. The van der Waals surface area contributed by atoms with E-state index in [0.29, 0.717) is 22.6 Å². The van der Waals surface area contributed by atoms with Crippen LogP contribution >= 0.6 is 0 Å². The molecule has 2 aromatic carbocycles. The number of nitrogens with one attached hydrogen (secondary N) is 2. The molecule has 138 valence electrons. The maximum absolute atomic E-state index is 13.3. The van der Waals surface area contributed by atoms with Crippen LogP contribution in [0.1, 0.15) is 21.5 Å². The molecule has 0 aliphatic carbocycles. The molecule has 0 aliphatic heterocycles. The van der Waals surface area contributed by atoms with Crippen LogP contribution in [0.5, 0.6) is 11.5 Å². The lowest BCUT2D eigenvalue weighted by Crippen LogP contribution is -2.15. The number of amides is 1. The van der Waals surface area contributed by atoms with Gasteiger partial charge in [-0.2, -0.15) is 0 Å². The number of H-pyrrole nitrogens is 1. The molecular weight excluding hydrogens is 354 g/mol. The van der Waals surface area contributed by atoms with Gasteiger partial charge in [-0.3, -0.25) is 9.59 Å². The number of carbonyl (C=O) groups is 1. The van der Waals surface area contributed by atoms with Crippen molar-refractivity contribution in [2.24, 2.45) is 0 Å². The Labute approximate surface area is 153 Å². The van der Waals surface area contributed by atoms with Crippen LogP contribution in [0.4, 0.5) is 14.5 Å². The fourth-order valence-corrected chi connectivity index (χ4v) is 2.49. The van der Waals surface area contributed by atoms with Crippen molar-refractivity contribution in [1.82, 2.24) is 4.98 Å². The molecule has 0 atom stereocenters. The second-order valence-electron chi connectivity index (χ2n) is 5.87. The van der Waals surface area contributed by atoms with Gasteiger partial charge >= 0.3 is 0 Å². The van der Waals surface area contributed by atoms with Crippen molar-refractivity contribution >= 4 is 11.6 Å². The highest BCUT2D eigenvalue weighted by Gasteiger charge is 2.16. The second kappa shape index (κ2) is 7.82. The SMILES string of the molecule is Cc1cc(F)ccc1Oc1cc(CF)ccc1C(=O)Nc1cc[nH]c(=O)c1. The number of ether oxygens (including phenoxy) is 1. The summed E-state index contributed by atoms with van der Waals surface area (Å²) < 4.78 is 32.1. The first-order chi connectivity index (χ1) is 13.0. The molecule has 0 bridgehead atoms. The number of pyridine rings is 1. The van der Waals surface area contributed by atoms with Gasteiger partial charge in [0.25, 0.3) is 5.91 Å². The van der Waals surface area contributed by atoms with Crippen molar-refractivity contribution in [3.05, 3.63) is 87.6 Å². The highest BCUT2D eigenvalue weighted by molar-refractivity contribution is 6.06. The Hall–Kier alpha value is -3.48. The minimum atomic E-state index is -0.727. The van der Waals surface area contributed by atoms with E-state index in [1.54, 1.807) is 6.92 Å². The van der Waals surface area contributed by atoms with E-state index in [1.807, 2.05) is 0 Å². The zero-order valence-corrected chi connectivity index (χ0v) is 14.4. The number of rotatable bonds is 5. The van der Waals surface area contributed by atoms with E-state index in [0.717, 1.165) is 0 Å². The monoisotopic (exact) mass is 370 g/mol. The number of alkyl halides is 1. The zero-order chi connectivity index (χ0) is 19.4. The first kappa shape index (κ1) is 18.3. The summed E-state index contributed by atoms with van der Waals surface area (Å²) in [6, 6.07) is 11.0. The summed E-state index contributed by atoms with van der Waals surface area (Å²) in [5.41, 5.74) is 0.955. The van der Waals surface area contributed by atoms with Crippen LogP contribution in [0.15, 0.2) is 59.5 Å². The number of aromatic amines is 1. The highest BCUT2D eigenvalue weighted by atomic mass is 19.1. The minimum absolute atomic E-state index is 0.127. The fourth-order valence-electron chi connectivity index (χ4n) is 2.49. The molecular formula is C20H16F2N2O3. The van der Waals surface area contributed by atoms with E-state index < -0.39 is 18.4 Å². The molecule has 0 saturated heterocycles. The molecule has 3 aromatic rings. The predicted molar refractivity (Wildman–Crippen MR) is 97.5 cm³/mol. The van der Waals surface area contributed by atoms with Crippen LogP contribution in [-0.4, -0.2) is 10.9 Å². The van der Waals surface area contributed by atoms with Gasteiger partial charge in [0.05, 0.1) is 5.56 Å². The van der Waals surface area contributed by atoms with Gasteiger partial charge < -0.3 is 15.0 Å². The van der Waals surface area contributed by atoms with Gasteiger partial charge in [-0.15, -0.1) is 0 Å². The molecule has 5 nitrogen and oxygen atoms in total. The number of carbonyl (C=O) groups excluding carboxylic acids is 1. The third kappa shape index (κ3) is 4.38. The lowest BCUT2D eigenvalue weighted by Gasteiger charge is -2.14. The topological polar surface area (TPSA) is 71.2 Å². The standard InChI is InChI=1S/C20H16F2N2O3/c1-12-8-14(22)3-5-17(12)27-18-9-13(11-21)2-4-16(18)20(26)24-15-6-7-23-19(25)10-15/h2-10H,11H2,1H3,(H2,23,24,25,26). The molecule has 1 aromatic heterocycles. The average molecular weight is 370 g/mol. The summed E-state index contributed by atoms with van der Waals surface area (Å²) in [4.78, 5) is 26.4. The molecule has 0 spiro atoms. The molecule has 3 rings (SSSR count). The lowest BCUT2D eigenvalue weighted by atomic mass is 10.1. The van der Waals surface area contributed by atoms with Gasteiger partial charge in [0.15, 0.2) is 0 Å². The first-order valence-corrected chi connectivity index (χ1v) is 8.09. The van der Waals surface area contributed by atoms with E-state index in [9.17, 15) is 18.4 Å². The second-order valence-corrected chi connectivity index (χ2v) is 5.87. The maximum Gasteiger partial charge on any atom is 0.259 e. The van der Waals surface area contributed by atoms with E-state index in [4.69, 9.17) is 4.74 Å². The number of hydrogen-bond donors (Lipinski definition) is 2. The third-order valence-electron chi connectivity index (χ3n) is 3.83. The van der Waals surface area contributed by atoms with Gasteiger partial charge in [0.1, 0.15) is 24.0 Å². The fraction of sp³-hybridized carbons (Fsp3) is 0.100. The maximum atomic E-state index is 13.3. The number of aromatic nitrogens is 1. The lowest BCUT2D eigenvalue weighted by molar-refractivity contribution is 0.102. The molecule has 0 radical (unpaired) electrons. The van der Waals surface area contributed by atoms with Crippen molar-refractivity contribution < 1.29 is 18.3 Å². The Morgan fingerprint density at radius 3 is 2.63 bits per heavy atom. The molecule has 7 heteroatoms. The Kier molecular flexibility index (Phi) is 5.30. The number of anilines is 1. The molecule has 0 aliphatic rings. The summed E-state index contributed by atoms with van der Waals surface area (Å²) >= 11 is 0. The Balaban J connectivity index is 1.94. The first-order valence-electron chi connectivity index (χ1n) is 8.09. The Morgan fingerprint density at radius 1 is 1.11 bits per heavy atom. The Morgan fingerprint density at radius 2 is 1.93 bits per heavy atom. The molecule has 0 unspecified atom stereocenters. The highest BCUT2D eigenvalue weighted by Crippen LogP contribution is 2.30. The quantitative estimate of drug-likeness (QED) is 0.702. The van der Waals surface area contributed by atoms with E-state index >= 15 is 0 Å². The predicted octanol–water partition coefficient (Wildman–Crippen LogP) is 4.34. The number of halogens is 2. The molecule has 27 heavy (non-hydrogen) atoms. The largest absolute Gasteiger partial charge is 0.456 e.